The normalized spacial score (nSPS) is 25.8. The van der Waals surface area contributed by atoms with Crippen LogP contribution in [0.15, 0.2) is 12.3 Å². The molecule has 0 aromatic heterocycles. The molecule has 0 aromatic rings. The van der Waals surface area contributed by atoms with Crippen molar-refractivity contribution in [3.8, 4) is 0 Å². The lowest BCUT2D eigenvalue weighted by atomic mass is 10.1. The molecule has 1 aliphatic carbocycles. The highest BCUT2D eigenvalue weighted by Gasteiger charge is 2.60. The van der Waals surface area contributed by atoms with Gasteiger partial charge in [-0.1, -0.05) is 20.4 Å². The number of hydrogen-bond donors (Lipinski definition) is 0. The Hall–Kier alpha value is -1.32. The summed E-state index contributed by atoms with van der Waals surface area (Å²) >= 11 is 0. The van der Waals surface area contributed by atoms with E-state index >= 15 is 0 Å². The highest BCUT2D eigenvalue weighted by atomic mass is 16.5. The van der Waals surface area contributed by atoms with Gasteiger partial charge in [-0.2, -0.15) is 0 Å². The number of hydrogen-bond acceptors (Lipinski definition) is 4. The summed E-state index contributed by atoms with van der Waals surface area (Å²) in [6.07, 6.45) is 0. The fourth-order valence-corrected chi connectivity index (χ4v) is 2.15. The van der Waals surface area contributed by atoms with Gasteiger partial charge in [0, 0.05) is 25.7 Å². The first-order valence-electron chi connectivity index (χ1n) is 5.27. The van der Waals surface area contributed by atoms with Gasteiger partial charge in [0.2, 0.25) is 0 Å². The van der Waals surface area contributed by atoms with Crippen LogP contribution in [0.3, 0.4) is 0 Å². The largest absolute Gasteiger partial charge is 0.466 e. The number of carbonyl (C=O) groups excluding carboxylic acids is 2. The van der Waals surface area contributed by atoms with Crippen molar-refractivity contribution in [3.63, 3.8) is 0 Å². The molecule has 2 unspecified atom stereocenters. The van der Waals surface area contributed by atoms with Gasteiger partial charge in [0.15, 0.2) is 0 Å². The Bertz CT molecular complexity index is 330. The molecule has 0 radical (unpaired) electrons. The fraction of sp³-hybridized carbons (Fsp3) is 0.667. The van der Waals surface area contributed by atoms with Crippen LogP contribution >= 0.6 is 0 Å². The molecule has 90 valence electrons. The molecule has 0 amide bonds. The lowest BCUT2D eigenvalue weighted by molar-refractivity contribution is -0.142. The molecule has 1 aliphatic rings. The highest BCUT2D eigenvalue weighted by Crippen LogP contribution is 2.61. The van der Waals surface area contributed by atoms with Gasteiger partial charge in [-0.3, -0.25) is 9.59 Å². The monoisotopic (exact) mass is 226 g/mol. The predicted molar refractivity (Wildman–Crippen MR) is 58.3 cm³/mol. The van der Waals surface area contributed by atoms with Crippen LogP contribution in [-0.4, -0.2) is 18.5 Å². The molecule has 1 fully saturated rings. The Labute approximate surface area is 95.6 Å². The first-order valence-corrected chi connectivity index (χ1v) is 5.27. The third-order valence-corrected chi connectivity index (χ3v) is 3.14. The van der Waals surface area contributed by atoms with E-state index in [0.717, 1.165) is 0 Å². The summed E-state index contributed by atoms with van der Waals surface area (Å²) < 4.78 is 9.94. The number of carbonyl (C=O) groups is 2. The van der Waals surface area contributed by atoms with Crippen LogP contribution in [0.25, 0.3) is 0 Å². The quantitative estimate of drug-likeness (QED) is 0.542. The number of rotatable bonds is 4. The van der Waals surface area contributed by atoms with Gasteiger partial charge in [0.25, 0.3) is 0 Å². The van der Waals surface area contributed by atoms with Crippen molar-refractivity contribution in [2.75, 3.05) is 6.61 Å². The van der Waals surface area contributed by atoms with Crippen molar-refractivity contribution in [3.05, 3.63) is 12.3 Å². The zero-order chi connectivity index (χ0) is 12.5. The molecule has 0 spiro atoms. The Morgan fingerprint density at radius 1 is 1.25 bits per heavy atom. The number of ether oxygens (including phenoxy) is 2. The van der Waals surface area contributed by atoms with Gasteiger partial charge in [-0.15, -0.1) is 0 Å². The van der Waals surface area contributed by atoms with E-state index in [-0.39, 0.29) is 29.2 Å². The van der Waals surface area contributed by atoms with E-state index in [0.29, 0.717) is 12.4 Å². The van der Waals surface area contributed by atoms with Gasteiger partial charge in [0.05, 0.1) is 6.61 Å². The molecule has 1 rings (SSSR count). The Balaban J connectivity index is 2.53. The van der Waals surface area contributed by atoms with Crippen molar-refractivity contribution < 1.29 is 19.1 Å². The zero-order valence-electron chi connectivity index (χ0n) is 10.2. The maximum atomic E-state index is 10.8. The summed E-state index contributed by atoms with van der Waals surface area (Å²) in [5.41, 5.74) is -0.0258. The van der Waals surface area contributed by atoms with Gasteiger partial charge in [-0.05, 0) is 5.41 Å². The number of allylic oxidation sites excluding steroid dienone is 1. The van der Waals surface area contributed by atoms with Crippen molar-refractivity contribution in [1.29, 1.82) is 0 Å². The van der Waals surface area contributed by atoms with E-state index in [1.165, 1.54) is 13.8 Å². The molecule has 16 heavy (non-hydrogen) atoms. The van der Waals surface area contributed by atoms with Crippen molar-refractivity contribution in [1.82, 2.24) is 0 Å². The first kappa shape index (κ1) is 12.7. The Kier molecular flexibility index (Phi) is 3.41. The molecule has 0 aliphatic heterocycles. The molecular weight excluding hydrogens is 208 g/mol. The van der Waals surface area contributed by atoms with E-state index < -0.39 is 0 Å². The van der Waals surface area contributed by atoms with Crippen LogP contribution in [0.5, 0.6) is 0 Å². The molecule has 0 bridgehead atoms. The number of esters is 2. The summed E-state index contributed by atoms with van der Waals surface area (Å²) in [5, 5.41) is 0. The summed E-state index contributed by atoms with van der Waals surface area (Å²) in [6.45, 7) is 10.9. The molecule has 0 aromatic carbocycles. The smallest absolute Gasteiger partial charge is 0.307 e. The third kappa shape index (κ3) is 2.62. The van der Waals surface area contributed by atoms with E-state index in [4.69, 9.17) is 9.47 Å². The van der Waals surface area contributed by atoms with E-state index in [2.05, 4.69) is 6.58 Å². The van der Waals surface area contributed by atoms with Gasteiger partial charge in [-0.25, -0.2) is 0 Å². The van der Waals surface area contributed by atoms with Crippen LogP contribution in [0.1, 0.15) is 27.7 Å². The van der Waals surface area contributed by atoms with Gasteiger partial charge >= 0.3 is 11.9 Å². The second kappa shape index (κ2) is 4.28. The van der Waals surface area contributed by atoms with Gasteiger partial charge in [0.1, 0.15) is 5.76 Å². The van der Waals surface area contributed by atoms with E-state index in [9.17, 15) is 9.59 Å². The zero-order valence-corrected chi connectivity index (χ0v) is 10.2. The minimum atomic E-state index is -0.362. The molecule has 0 heterocycles. The lowest BCUT2D eigenvalue weighted by Crippen LogP contribution is -2.06. The van der Waals surface area contributed by atoms with Crippen molar-refractivity contribution in [2.45, 2.75) is 27.7 Å². The molecular formula is C12H18O4. The minimum absolute atomic E-state index is 0.0258. The highest BCUT2D eigenvalue weighted by molar-refractivity contribution is 5.67. The summed E-state index contributed by atoms with van der Waals surface area (Å²) in [6, 6.07) is 0. The Morgan fingerprint density at radius 2 is 1.81 bits per heavy atom. The van der Waals surface area contributed by atoms with E-state index in [1.54, 1.807) is 0 Å². The topological polar surface area (TPSA) is 52.6 Å². The second-order valence-electron chi connectivity index (χ2n) is 4.77. The average molecular weight is 226 g/mol. The third-order valence-electron chi connectivity index (χ3n) is 3.14. The predicted octanol–water partition coefficient (Wildman–Crippen LogP) is 1.90. The molecule has 0 saturated heterocycles. The SMILES string of the molecule is C=C(OC(C)=O)C1C(COC(C)=O)C1(C)C. The van der Waals surface area contributed by atoms with Crippen LogP contribution in [0.2, 0.25) is 0 Å². The van der Waals surface area contributed by atoms with Crippen molar-refractivity contribution in [2.24, 2.45) is 17.3 Å². The molecule has 4 nitrogen and oxygen atoms in total. The minimum Gasteiger partial charge on any atom is -0.466 e. The van der Waals surface area contributed by atoms with Crippen LogP contribution in [0, 0.1) is 17.3 Å². The van der Waals surface area contributed by atoms with Gasteiger partial charge < -0.3 is 9.47 Å². The van der Waals surface area contributed by atoms with Crippen LogP contribution < -0.4 is 0 Å². The molecule has 1 saturated carbocycles. The fourth-order valence-electron chi connectivity index (χ4n) is 2.15. The maximum Gasteiger partial charge on any atom is 0.307 e. The second-order valence-corrected chi connectivity index (χ2v) is 4.77. The van der Waals surface area contributed by atoms with Crippen LogP contribution in [0.4, 0.5) is 0 Å². The standard InChI is InChI=1S/C12H18O4/c1-7(16-9(3)14)11-10(12(11,4)5)6-15-8(2)13/h10-11H,1,6H2,2-5H3. The molecule has 2 atom stereocenters. The summed E-state index contributed by atoms with van der Waals surface area (Å²) in [4.78, 5) is 21.5. The molecule has 0 N–H and O–H groups in total. The maximum absolute atomic E-state index is 10.8. The van der Waals surface area contributed by atoms with Crippen LogP contribution in [-0.2, 0) is 19.1 Å². The van der Waals surface area contributed by atoms with Crippen molar-refractivity contribution >= 4 is 11.9 Å². The van der Waals surface area contributed by atoms with E-state index in [1.807, 2.05) is 13.8 Å². The first-order chi connectivity index (χ1) is 7.26. The average Bonchev–Trinajstić information content (AvgIpc) is 2.63. The lowest BCUT2D eigenvalue weighted by Gasteiger charge is -2.05. The summed E-state index contributed by atoms with van der Waals surface area (Å²) in [7, 11) is 0. The molecule has 4 heteroatoms. The summed E-state index contributed by atoms with van der Waals surface area (Å²) in [5.74, 6) is 0.0761. The Morgan fingerprint density at radius 3 is 2.25 bits per heavy atom.